The number of phenolic OH excluding ortho intramolecular Hbond substituents is 1. The predicted octanol–water partition coefficient (Wildman–Crippen LogP) is 5.22. The molecule has 232 valence electrons. The molecule has 0 aliphatic heterocycles. The third kappa shape index (κ3) is 4.38. The Morgan fingerprint density at radius 3 is 2.36 bits per heavy atom. The van der Waals surface area contributed by atoms with Gasteiger partial charge in [0.15, 0.2) is 28.7 Å². The second-order valence-electron chi connectivity index (χ2n) is 14.1. The lowest BCUT2D eigenvalue weighted by atomic mass is 9.40. The summed E-state index contributed by atoms with van der Waals surface area (Å²) in [6.07, 6.45) is 5.79. The number of phenols is 1. The maximum atomic E-state index is 14.4. The summed E-state index contributed by atoms with van der Waals surface area (Å²) in [5.41, 5.74) is -0.245. The first-order valence-electron chi connectivity index (χ1n) is 15.5. The number of carbonyl (C=O) groups is 5. The second kappa shape index (κ2) is 10.7. The van der Waals surface area contributed by atoms with Crippen LogP contribution in [0.25, 0.3) is 6.08 Å². The Balaban J connectivity index is 1.60. The monoisotopic (exact) mass is 598 g/mol. The highest BCUT2D eigenvalue weighted by Crippen LogP contribution is 2.63. The molecule has 0 aromatic heterocycles. The summed E-state index contributed by atoms with van der Waals surface area (Å²) in [5.74, 6) is -8.86. The predicted molar refractivity (Wildman–Crippen MR) is 166 cm³/mol. The Bertz CT molecular complexity index is 1650. The van der Waals surface area contributed by atoms with Crippen LogP contribution < -0.4 is 0 Å². The number of aliphatic hydroxyl groups is 1. The van der Waals surface area contributed by atoms with Crippen molar-refractivity contribution in [2.45, 2.75) is 79.8 Å². The van der Waals surface area contributed by atoms with Gasteiger partial charge in [-0.25, -0.2) is 0 Å². The van der Waals surface area contributed by atoms with Crippen LogP contribution in [0.2, 0.25) is 0 Å². The van der Waals surface area contributed by atoms with Crippen LogP contribution in [-0.2, 0) is 38.4 Å². The van der Waals surface area contributed by atoms with Gasteiger partial charge in [-0.2, -0.15) is 0 Å². The van der Waals surface area contributed by atoms with Crippen LogP contribution in [-0.4, -0.2) is 44.7 Å². The molecule has 6 atom stereocenters. The van der Waals surface area contributed by atoms with Gasteiger partial charge in [-0.3, -0.25) is 24.0 Å². The number of carbonyl (C=O) groups excluding carboxylic acids is 5. The molecular weight excluding hydrogens is 556 g/mol. The molecule has 0 heterocycles. The number of allylic oxidation sites excluding steroid dienone is 1. The van der Waals surface area contributed by atoms with E-state index in [4.69, 9.17) is 0 Å². The molecule has 0 spiro atoms. The molecule has 3 aliphatic carbocycles. The molecule has 0 bridgehead atoms. The van der Waals surface area contributed by atoms with E-state index < -0.39 is 63.1 Å². The van der Waals surface area contributed by atoms with Gasteiger partial charge in [0.2, 0.25) is 0 Å². The average Bonchev–Trinajstić information content (AvgIpc) is 2.92. The van der Waals surface area contributed by atoms with Crippen molar-refractivity contribution in [3.05, 3.63) is 69.8 Å². The number of Topliss-reactive ketones (excluding diaryl/α,β-unsaturated/α-hetero) is 5. The molecule has 7 nitrogen and oxygen atoms in total. The Morgan fingerprint density at radius 2 is 1.75 bits per heavy atom. The lowest BCUT2D eigenvalue weighted by molar-refractivity contribution is -0.205. The maximum Gasteiger partial charge on any atom is 0.190 e. The molecular formula is C37H42O7. The smallest absolute Gasteiger partial charge is 0.190 e. The van der Waals surface area contributed by atoms with E-state index in [1.807, 2.05) is 12.2 Å². The van der Waals surface area contributed by atoms with Crippen LogP contribution in [0.15, 0.2) is 36.4 Å². The van der Waals surface area contributed by atoms with E-state index in [1.54, 1.807) is 33.8 Å². The molecule has 3 unspecified atom stereocenters. The van der Waals surface area contributed by atoms with Crippen LogP contribution in [0.4, 0.5) is 0 Å². The van der Waals surface area contributed by atoms with Crippen molar-refractivity contribution < 1.29 is 34.2 Å². The largest absolute Gasteiger partial charge is 0.507 e. The number of fused-ring (bicyclic) bond motifs is 3. The van der Waals surface area contributed by atoms with E-state index in [0.29, 0.717) is 12.0 Å². The highest BCUT2D eigenvalue weighted by atomic mass is 16.3. The van der Waals surface area contributed by atoms with Crippen molar-refractivity contribution in [2.24, 2.45) is 34.5 Å². The average molecular weight is 599 g/mol. The molecule has 2 N–H and O–H groups in total. The van der Waals surface area contributed by atoms with Crippen LogP contribution in [0.1, 0.15) is 86.1 Å². The summed E-state index contributed by atoms with van der Waals surface area (Å²) in [6, 6.07) is 9.56. The van der Waals surface area contributed by atoms with Crippen molar-refractivity contribution in [3.63, 3.8) is 0 Å². The Morgan fingerprint density at radius 1 is 1.07 bits per heavy atom. The van der Waals surface area contributed by atoms with Crippen LogP contribution in [0.5, 0.6) is 5.75 Å². The van der Waals surface area contributed by atoms with Gasteiger partial charge in [0.1, 0.15) is 17.5 Å². The van der Waals surface area contributed by atoms with Gasteiger partial charge in [-0.1, -0.05) is 71.0 Å². The van der Waals surface area contributed by atoms with Gasteiger partial charge in [0.05, 0.1) is 11.5 Å². The van der Waals surface area contributed by atoms with Crippen LogP contribution >= 0.6 is 0 Å². The van der Waals surface area contributed by atoms with Gasteiger partial charge in [0, 0.05) is 11.3 Å². The Kier molecular flexibility index (Phi) is 7.73. The first-order chi connectivity index (χ1) is 20.5. The lowest BCUT2D eigenvalue weighted by Gasteiger charge is -2.61. The Hall–Kier alpha value is -3.71. The zero-order chi connectivity index (χ0) is 32.5. The zero-order valence-electron chi connectivity index (χ0n) is 26.6. The van der Waals surface area contributed by atoms with Crippen molar-refractivity contribution in [1.29, 1.82) is 0 Å². The van der Waals surface area contributed by atoms with Gasteiger partial charge < -0.3 is 10.2 Å². The maximum absolute atomic E-state index is 14.4. The van der Waals surface area contributed by atoms with Crippen molar-refractivity contribution in [1.82, 2.24) is 0 Å². The number of benzene rings is 2. The minimum Gasteiger partial charge on any atom is -0.507 e. The fraction of sp³-hybridized carbons (Fsp3) is 0.486. The van der Waals surface area contributed by atoms with E-state index in [-0.39, 0.29) is 30.1 Å². The molecule has 0 amide bonds. The fourth-order valence-corrected chi connectivity index (χ4v) is 8.87. The van der Waals surface area contributed by atoms with Crippen molar-refractivity contribution in [3.8, 4) is 5.75 Å². The minimum atomic E-state index is -2.69. The third-order valence-corrected chi connectivity index (χ3v) is 10.7. The first kappa shape index (κ1) is 31.7. The summed E-state index contributed by atoms with van der Waals surface area (Å²) in [6.45, 7) is 12.3. The van der Waals surface area contributed by atoms with Crippen molar-refractivity contribution in [2.75, 3.05) is 0 Å². The fourth-order valence-electron chi connectivity index (χ4n) is 8.87. The number of aryl methyl sites for hydroxylation is 2. The highest BCUT2D eigenvalue weighted by molar-refractivity contribution is 6.32. The molecule has 5 rings (SSSR count). The molecule has 7 heteroatoms. The van der Waals surface area contributed by atoms with Crippen LogP contribution in [0, 0.1) is 41.4 Å². The molecule has 2 aromatic carbocycles. The lowest BCUT2D eigenvalue weighted by Crippen LogP contribution is -2.76. The standard InChI is InChI=1S/C37H42O7/c1-8-23-16-22(13-12-20(23)4)10-9-11-24-14-15-26(39)28-25(24)17-35(6)18-36(7)29(19(2)3)31(40)27(21(5)38)33(42)37(36,44)34(43)30(35)32(28)41/h9,11-16,19,27,29-30,39,44H,8,10,17-18H2,1-7H3/b11-9-/t27?,29?,30?,35-,36-,37+/m1/s1. The summed E-state index contributed by atoms with van der Waals surface area (Å²) in [5, 5.41) is 23.0. The number of hydrogen-bond donors (Lipinski definition) is 2. The van der Waals surface area contributed by atoms with Gasteiger partial charge >= 0.3 is 0 Å². The summed E-state index contributed by atoms with van der Waals surface area (Å²) in [7, 11) is 0. The van der Waals surface area contributed by atoms with E-state index in [0.717, 1.165) is 24.5 Å². The molecule has 0 saturated heterocycles. The molecule has 0 radical (unpaired) electrons. The van der Waals surface area contributed by atoms with E-state index in [1.165, 1.54) is 17.2 Å². The Labute approximate surface area is 258 Å². The SMILES string of the molecule is CCc1cc(C/C=C\c2ccc(O)c3c2C[C@]2(C)C[C@]4(C)C(C(C)C)C(=O)C(C(C)=O)C(=O)[C@]4(O)C(=O)C2C3=O)ccc1C. The quantitative estimate of drug-likeness (QED) is 0.437. The number of rotatable bonds is 6. The zero-order valence-corrected chi connectivity index (χ0v) is 26.6. The van der Waals surface area contributed by atoms with Crippen LogP contribution in [0.3, 0.4) is 0 Å². The summed E-state index contributed by atoms with van der Waals surface area (Å²) >= 11 is 0. The van der Waals surface area contributed by atoms with E-state index in [2.05, 4.69) is 32.0 Å². The van der Waals surface area contributed by atoms with Gasteiger partial charge in [-0.15, -0.1) is 0 Å². The normalized spacial score (nSPS) is 31.7. The molecule has 2 aromatic rings. The van der Waals surface area contributed by atoms with E-state index in [9.17, 15) is 34.2 Å². The molecule has 44 heavy (non-hydrogen) atoms. The number of hydrogen-bond acceptors (Lipinski definition) is 7. The molecule has 3 aliphatic rings. The summed E-state index contributed by atoms with van der Waals surface area (Å²) in [4.78, 5) is 68.6. The molecule has 2 saturated carbocycles. The second-order valence-corrected chi connectivity index (χ2v) is 14.1. The van der Waals surface area contributed by atoms with E-state index >= 15 is 0 Å². The first-order valence-corrected chi connectivity index (χ1v) is 15.5. The minimum absolute atomic E-state index is 0.0154. The summed E-state index contributed by atoms with van der Waals surface area (Å²) < 4.78 is 0. The third-order valence-electron chi connectivity index (χ3n) is 10.7. The van der Waals surface area contributed by atoms with Gasteiger partial charge in [-0.05, 0) is 84.7 Å². The number of ketones is 5. The van der Waals surface area contributed by atoms with Gasteiger partial charge in [0.25, 0.3) is 0 Å². The number of aromatic hydroxyl groups is 1. The van der Waals surface area contributed by atoms with Crippen molar-refractivity contribution >= 4 is 35.0 Å². The highest BCUT2D eigenvalue weighted by Gasteiger charge is 2.76. The topological polar surface area (TPSA) is 126 Å². The molecule has 2 fully saturated rings.